The third-order valence-corrected chi connectivity index (χ3v) is 4.84. The number of aryl methyl sites for hydroxylation is 1. The molecule has 1 aliphatic rings. The predicted octanol–water partition coefficient (Wildman–Crippen LogP) is 4.45. The van der Waals surface area contributed by atoms with Gasteiger partial charge in [-0.05, 0) is 49.6 Å². The van der Waals surface area contributed by atoms with Gasteiger partial charge >= 0.3 is 0 Å². The van der Waals surface area contributed by atoms with Crippen molar-refractivity contribution >= 4 is 11.6 Å². The van der Waals surface area contributed by atoms with Gasteiger partial charge in [-0.3, -0.25) is 4.79 Å². The lowest BCUT2D eigenvalue weighted by atomic mass is 9.78. The summed E-state index contributed by atoms with van der Waals surface area (Å²) in [7, 11) is 1.66. The summed E-state index contributed by atoms with van der Waals surface area (Å²) in [6.07, 6.45) is 3.98. The molecule has 0 unspecified atom stereocenters. The van der Waals surface area contributed by atoms with E-state index in [1.165, 1.54) is 5.56 Å². The van der Waals surface area contributed by atoms with Crippen LogP contribution in [0.2, 0.25) is 0 Å². The second-order valence-electron chi connectivity index (χ2n) is 6.34. The first-order chi connectivity index (χ1) is 11.1. The van der Waals surface area contributed by atoms with Crippen LogP contribution in [0.15, 0.2) is 48.5 Å². The number of hydrogen-bond donors (Lipinski definition) is 1. The van der Waals surface area contributed by atoms with Crippen LogP contribution >= 0.6 is 0 Å². The fraction of sp³-hybridized carbons (Fsp3) is 0.350. The Morgan fingerprint density at radius 3 is 2.17 bits per heavy atom. The van der Waals surface area contributed by atoms with Crippen LogP contribution in [0.4, 0.5) is 5.69 Å². The molecule has 1 aliphatic carbocycles. The van der Waals surface area contributed by atoms with Crippen molar-refractivity contribution in [3.8, 4) is 5.75 Å². The van der Waals surface area contributed by atoms with Crippen molar-refractivity contribution in [2.45, 2.75) is 38.0 Å². The van der Waals surface area contributed by atoms with Crippen molar-refractivity contribution in [2.24, 2.45) is 0 Å². The zero-order valence-corrected chi connectivity index (χ0v) is 13.8. The van der Waals surface area contributed by atoms with Gasteiger partial charge < -0.3 is 10.1 Å². The lowest BCUT2D eigenvalue weighted by molar-refractivity contribution is -0.121. The summed E-state index contributed by atoms with van der Waals surface area (Å²) < 4.78 is 5.23. The summed E-state index contributed by atoms with van der Waals surface area (Å²) >= 11 is 0. The molecule has 2 aromatic rings. The Morgan fingerprint density at radius 1 is 1.00 bits per heavy atom. The number of hydrogen-bond acceptors (Lipinski definition) is 2. The number of benzene rings is 2. The maximum Gasteiger partial charge on any atom is 0.235 e. The highest BCUT2D eigenvalue weighted by Gasteiger charge is 2.42. The van der Waals surface area contributed by atoms with Crippen LogP contribution in [-0.4, -0.2) is 13.0 Å². The number of amides is 1. The molecule has 1 fully saturated rings. The lowest BCUT2D eigenvalue weighted by Crippen LogP contribution is -2.37. The fourth-order valence-electron chi connectivity index (χ4n) is 3.42. The van der Waals surface area contributed by atoms with Crippen LogP contribution in [0.5, 0.6) is 5.75 Å². The summed E-state index contributed by atoms with van der Waals surface area (Å²) in [6.45, 7) is 2.04. The van der Waals surface area contributed by atoms with E-state index in [-0.39, 0.29) is 5.91 Å². The molecular weight excluding hydrogens is 286 g/mol. The number of rotatable bonds is 4. The van der Waals surface area contributed by atoms with Gasteiger partial charge in [0.1, 0.15) is 5.75 Å². The zero-order valence-electron chi connectivity index (χ0n) is 13.8. The van der Waals surface area contributed by atoms with E-state index in [0.717, 1.165) is 42.7 Å². The number of carbonyl (C=O) groups excluding carboxylic acids is 1. The third-order valence-electron chi connectivity index (χ3n) is 4.84. The van der Waals surface area contributed by atoms with Crippen LogP contribution in [-0.2, 0) is 10.2 Å². The van der Waals surface area contributed by atoms with E-state index in [4.69, 9.17) is 4.74 Å². The molecule has 0 spiro atoms. The van der Waals surface area contributed by atoms with Crippen LogP contribution in [0.3, 0.4) is 0 Å². The minimum Gasteiger partial charge on any atom is -0.497 e. The first-order valence-electron chi connectivity index (χ1n) is 8.17. The average molecular weight is 309 g/mol. The average Bonchev–Trinajstić information content (AvgIpc) is 3.08. The second kappa shape index (κ2) is 6.45. The standard InChI is InChI=1S/C20H23NO2/c1-15-5-9-17(10-6-15)21-19(22)20(13-3-4-14-20)16-7-11-18(23-2)12-8-16/h5-12H,3-4,13-14H2,1-2H3,(H,21,22). The summed E-state index contributed by atoms with van der Waals surface area (Å²) in [5.41, 5.74) is 2.71. The van der Waals surface area contributed by atoms with E-state index in [9.17, 15) is 4.79 Å². The molecule has 0 aliphatic heterocycles. The topological polar surface area (TPSA) is 38.3 Å². The van der Waals surface area contributed by atoms with Crippen LogP contribution in [0.25, 0.3) is 0 Å². The molecule has 1 saturated carbocycles. The highest BCUT2D eigenvalue weighted by molar-refractivity contribution is 5.99. The normalized spacial score (nSPS) is 16.1. The van der Waals surface area contributed by atoms with Gasteiger partial charge in [0.15, 0.2) is 0 Å². The van der Waals surface area contributed by atoms with Crippen molar-refractivity contribution in [1.29, 1.82) is 0 Å². The molecule has 0 bridgehead atoms. The summed E-state index contributed by atoms with van der Waals surface area (Å²) in [5, 5.41) is 3.11. The minimum absolute atomic E-state index is 0.101. The predicted molar refractivity (Wildman–Crippen MR) is 92.9 cm³/mol. The van der Waals surface area contributed by atoms with Gasteiger partial charge in [0.05, 0.1) is 12.5 Å². The second-order valence-corrected chi connectivity index (χ2v) is 6.34. The van der Waals surface area contributed by atoms with Crippen molar-refractivity contribution in [3.05, 3.63) is 59.7 Å². The number of carbonyl (C=O) groups is 1. The molecule has 1 N–H and O–H groups in total. The Hall–Kier alpha value is -2.29. The summed E-state index contributed by atoms with van der Waals surface area (Å²) in [4.78, 5) is 13.0. The third kappa shape index (κ3) is 3.09. The van der Waals surface area contributed by atoms with E-state index >= 15 is 0 Å². The smallest absolute Gasteiger partial charge is 0.235 e. The number of ether oxygens (including phenoxy) is 1. The van der Waals surface area contributed by atoms with E-state index < -0.39 is 5.41 Å². The van der Waals surface area contributed by atoms with Crippen molar-refractivity contribution in [1.82, 2.24) is 0 Å². The molecule has 3 nitrogen and oxygen atoms in total. The van der Waals surface area contributed by atoms with Gasteiger partial charge in [0, 0.05) is 5.69 Å². The molecule has 120 valence electrons. The molecule has 23 heavy (non-hydrogen) atoms. The Kier molecular flexibility index (Phi) is 4.37. The molecule has 0 saturated heterocycles. The van der Waals surface area contributed by atoms with Gasteiger partial charge in [0.2, 0.25) is 5.91 Å². The monoisotopic (exact) mass is 309 g/mol. The maximum absolute atomic E-state index is 13.0. The molecule has 2 aromatic carbocycles. The molecule has 3 rings (SSSR count). The Balaban J connectivity index is 1.87. The largest absolute Gasteiger partial charge is 0.497 e. The Labute approximate surface area is 137 Å². The van der Waals surface area contributed by atoms with E-state index in [1.807, 2.05) is 55.5 Å². The van der Waals surface area contributed by atoms with Crippen LogP contribution in [0.1, 0.15) is 36.8 Å². The van der Waals surface area contributed by atoms with Crippen molar-refractivity contribution < 1.29 is 9.53 Å². The number of anilines is 1. The molecule has 3 heteroatoms. The van der Waals surface area contributed by atoms with Crippen molar-refractivity contribution in [2.75, 3.05) is 12.4 Å². The molecule has 0 heterocycles. The number of methoxy groups -OCH3 is 1. The summed E-state index contributed by atoms with van der Waals surface area (Å²) in [6, 6.07) is 15.9. The molecule has 0 radical (unpaired) electrons. The Morgan fingerprint density at radius 2 is 1.61 bits per heavy atom. The molecular formula is C20H23NO2. The SMILES string of the molecule is COc1ccc(C2(C(=O)Nc3ccc(C)cc3)CCCC2)cc1. The first kappa shape index (κ1) is 15.6. The summed E-state index contributed by atoms with van der Waals surface area (Å²) in [5.74, 6) is 0.921. The molecule has 0 aromatic heterocycles. The maximum atomic E-state index is 13.0. The number of nitrogens with one attached hydrogen (secondary N) is 1. The van der Waals surface area contributed by atoms with Gasteiger partial charge in [0.25, 0.3) is 0 Å². The van der Waals surface area contributed by atoms with E-state index in [0.29, 0.717) is 0 Å². The van der Waals surface area contributed by atoms with Crippen LogP contribution < -0.4 is 10.1 Å². The van der Waals surface area contributed by atoms with Gasteiger partial charge in [-0.1, -0.05) is 42.7 Å². The molecule has 0 atom stereocenters. The fourth-order valence-corrected chi connectivity index (χ4v) is 3.42. The quantitative estimate of drug-likeness (QED) is 0.906. The van der Waals surface area contributed by atoms with E-state index in [1.54, 1.807) is 7.11 Å². The van der Waals surface area contributed by atoms with E-state index in [2.05, 4.69) is 5.32 Å². The Bertz CT molecular complexity index is 668. The minimum atomic E-state index is -0.419. The van der Waals surface area contributed by atoms with Gasteiger partial charge in [-0.15, -0.1) is 0 Å². The zero-order chi connectivity index (χ0) is 16.3. The van der Waals surface area contributed by atoms with Crippen molar-refractivity contribution in [3.63, 3.8) is 0 Å². The van der Waals surface area contributed by atoms with Gasteiger partial charge in [-0.25, -0.2) is 0 Å². The molecule has 1 amide bonds. The first-order valence-corrected chi connectivity index (χ1v) is 8.17. The highest BCUT2D eigenvalue weighted by Crippen LogP contribution is 2.42. The van der Waals surface area contributed by atoms with Crippen LogP contribution in [0, 0.1) is 6.92 Å². The van der Waals surface area contributed by atoms with Gasteiger partial charge in [-0.2, -0.15) is 0 Å². The highest BCUT2D eigenvalue weighted by atomic mass is 16.5. The lowest BCUT2D eigenvalue weighted by Gasteiger charge is -2.28.